The maximum atomic E-state index is 4.90. The second-order valence-corrected chi connectivity index (χ2v) is 3.16. The summed E-state index contributed by atoms with van der Waals surface area (Å²) in [6.45, 7) is 0. The zero-order chi connectivity index (χ0) is 8.55. The van der Waals surface area contributed by atoms with E-state index in [4.69, 9.17) is 17.2 Å². The maximum absolute atomic E-state index is 4.90. The molecule has 2 aliphatic heterocycles. The first kappa shape index (κ1) is 7.84. The lowest BCUT2D eigenvalue weighted by molar-refractivity contribution is -0.166. The average Bonchev–Trinajstić information content (AvgIpc) is 2.31. The molecule has 0 aromatic heterocycles. The van der Waals surface area contributed by atoms with E-state index < -0.39 is 0 Å². The Hall–Kier alpha value is -0.790. The van der Waals surface area contributed by atoms with Crippen LogP contribution in [0.4, 0.5) is 0 Å². The van der Waals surface area contributed by atoms with E-state index in [2.05, 4.69) is 28.5 Å². The quantitative estimate of drug-likeness (QED) is 0.373. The summed E-state index contributed by atoms with van der Waals surface area (Å²) in [7, 11) is 0. The third-order valence-corrected chi connectivity index (χ3v) is 1.86. The van der Waals surface area contributed by atoms with Crippen LogP contribution < -0.4 is 10.7 Å². The second kappa shape index (κ2) is 2.92. The van der Waals surface area contributed by atoms with Crippen molar-refractivity contribution in [2.45, 2.75) is 6.04 Å². The largest absolute Gasteiger partial charge is 0.327 e. The van der Waals surface area contributed by atoms with Crippen LogP contribution in [0.1, 0.15) is 0 Å². The molecule has 0 aliphatic carbocycles. The van der Waals surface area contributed by atoms with Crippen molar-refractivity contribution >= 4 is 36.2 Å². The van der Waals surface area contributed by atoms with E-state index in [0.717, 1.165) is 0 Å². The van der Waals surface area contributed by atoms with Crippen molar-refractivity contribution in [3.63, 3.8) is 0 Å². The van der Waals surface area contributed by atoms with Crippen molar-refractivity contribution in [2.24, 2.45) is 5.16 Å². The molecule has 7 heteroatoms. The Morgan fingerprint density at radius 1 is 1.75 bits per heavy atom. The lowest BCUT2D eigenvalue weighted by Gasteiger charge is -2.15. The number of oxime groups is 1. The van der Waals surface area contributed by atoms with Gasteiger partial charge in [-0.1, -0.05) is 5.16 Å². The lowest BCUT2D eigenvalue weighted by atomic mass is 10.3. The smallest absolute Gasteiger partial charge is 0.188 e. The molecule has 12 heavy (non-hydrogen) atoms. The minimum absolute atomic E-state index is 0.0644. The van der Waals surface area contributed by atoms with Crippen molar-refractivity contribution in [3.8, 4) is 0 Å². The summed E-state index contributed by atoms with van der Waals surface area (Å²) in [6, 6.07) is -0.0644. The number of nitrogens with one attached hydrogen (secondary N) is 2. The van der Waals surface area contributed by atoms with Gasteiger partial charge in [-0.2, -0.15) is 0 Å². The molecule has 1 atom stereocenters. The summed E-state index contributed by atoms with van der Waals surface area (Å²) in [5, 5.41) is 8.98. The molecule has 0 aromatic rings. The number of hydrazine groups is 1. The van der Waals surface area contributed by atoms with Gasteiger partial charge in [0.25, 0.3) is 0 Å². The van der Waals surface area contributed by atoms with Gasteiger partial charge in [0.1, 0.15) is 6.04 Å². The van der Waals surface area contributed by atoms with Crippen molar-refractivity contribution < 1.29 is 4.94 Å². The highest BCUT2D eigenvalue weighted by atomic mass is 32.1. The van der Waals surface area contributed by atoms with Crippen LogP contribution in [0.15, 0.2) is 16.3 Å². The van der Waals surface area contributed by atoms with Gasteiger partial charge in [-0.05, 0) is 23.5 Å². The number of thiocarbonyl (C=S) groups is 1. The van der Waals surface area contributed by atoms with Crippen LogP contribution in [0, 0.1) is 0 Å². The normalized spacial score (nSPS) is 27.9. The molecule has 2 rings (SSSR count). The number of thiol groups is 1. The molecular weight excluding hydrogens is 196 g/mol. The minimum atomic E-state index is -0.0644. The van der Waals surface area contributed by atoms with Crippen LogP contribution in [0.5, 0.6) is 0 Å². The number of nitrogens with zero attached hydrogens (tertiary/aromatic N) is 2. The number of fused-ring (bicyclic) bond motifs is 1. The molecule has 64 valence electrons. The van der Waals surface area contributed by atoms with Gasteiger partial charge in [0, 0.05) is 0 Å². The van der Waals surface area contributed by atoms with Gasteiger partial charge >= 0.3 is 0 Å². The molecule has 0 radical (unpaired) electrons. The molecule has 0 saturated heterocycles. The van der Waals surface area contributed by atoms with Crippen LogP contribution >= 0.6 is 24.8 Å². The Morgan fingerprint density at radius 3 is 3.42 bits per heavy atom. The van der Waals surface area contributed by atoms with Crippen molar-refractivity contribution in [1.82, 2.24) is 15.9 Å². The van der Waals surface area contributed by atoms with Gasteiger partial charge in [0.2, 0.25) is 0 Å². The van der Waals surface area contributed by atoms with Gasteiger partial charge < -0.3 is 5.32 Å². The Morgan fingerprint density at radius 2 is 2.58 bits per heavy atom. The van der Waals surface area contributed by atoms with E-state index in [-0.39, 0.29) is 6.04 Å². The van der Waals surface area contributed by atoms with Gasteiger partial charge in [-0.3, -0.25) is 10.4 Å². The van der Waals surface area contributed by atoms with Gasteiger partial charge in [0.15, 0.2) is 5.11 Å². The molecule has 0 aromatic carbocycles. The van der Waals surface area contributed by atoms with Crippen molar-refractivity contribution in [3.05, 3.63) is 11.1 Å². The van der Waals surface area contributed by atoms with Gasteiger partial charge in [-0.25, -0.2) is 0 Å². The van der Waals surface area contributed by atoms with E-state index in [1.165, 1.54) is 5.17 Å². The van der Waals surface area contributed by atoms with E-state index in [1.807, 2.05) is 6.08 Å². The first-order chi connectivity index (χ1) is 5.75. The van der Waals surface area contributed by atoms with E-state index >= 15 is 0 Å². The first-order valence-corrected chi connectivity index (χ1v) is 4.09. The summed E-state index contributed by atoms with van der Waals surface area (Å²) in [6.07, 6.45) is 3.46. The minimum Gasteiger partial charge on any atom is -0.327 e. The number of hydrogen-bond acceptors (Lipinski definition) is 5. The highest BCUT2D eigenvalue weighted by molar-refractivity contribution is 7.84. The molecule has 2 aliphatic rings. The lowest BCUT2D eigenvalue weighted by Crippen LogP contribution is -2.45. The SMILES string of the molecule is S=C1NC(S)=CC2C=NON2N1. The molecular formula is C5H6N4OS2. The maximum Gasteiger partial charge on any atom is 0.188 e. The fraction of sp³-hybridized carbons (Fsp3) is 0.200. The third kappa shape index (κ3) is 1.38. The molecule has 0 spiro atoms. The molecule has 2 heterocycles. The van der Waals surface area contributed by atoms with Crippen LogP contribution in [-0.4, -0.2) is 22.5 Å². The number of hydrogen-bond donors (Lipinski definition) is 3. The summed E-state index contributed by atoms with van der Waals surface area (Å²) in [5.41, 5.74) is 2.78. The Bertz CT molecular complexity index is 277. The number of hydroxylamine groups is 1. The van der Waals surface area contributed by atoms with Crippen molar-refractivity contribution in [2.75, 3.05) is 0 Å². The molecule has 0 saturated carbocycles. The van der Waals surface area contributed by atoms with Crippen molar-refractivity contribution in [1.29, 1.82) is 0 Å². The summed E-state index contributed by atoms with van der Waals surface area (Å²) >= 11 is 9.05. The van der Waals surface area contributed by atoms with Crippen LogP contribution in [-0.2, 0) is 4.94 Å². The summed E-state index contributed by atoms with van der Waals surface area (Å²) in [4.78, 5) is 4.84. The van der Waals surface area contributed by atoms with E-state index in [0.29, 0.717) is 10.1 Å². The molecule has 1 unspecified atom stereocenters. The number of rotatable bonds is 0. The van der Waals surface area contributed by atoms with Gasteiger partial charge in [0.05, 0.1) is 11.2 Å². The van der Waals surface area contributed by atoms with Crippen LogP contribution in [0.2, 0.25) is 0 Å². The van der Waals surface area contributed by atoms with Crippen LogP contribution in [0.25, 0.3) is 0 Å². The van der Waals surface area contributed by atoms with E-state index in [9.17, 15) is 0 Å². The fourth-order valence-electron chi connectivity index (χ4n) is 0.909. The molecule has 5 nitrogen and oxygen atoms in total. The Balaban J connectivity index is 2.23. The summed E-state index contributed by atoms with van der Waals surface area (Å²) in [5.74, 6) is 0. The molecule has 0 amide bonds. The Kier molecular flexibility index (Phi) is 1.91. The standard InChI is InChI=1S/C5H6N4OS2/c11-4-1-3-2-6-10-9(3)8-5(12)7-4/h1-3,11H,(H2,7,8,12). The average molecular weight is 202 g/mol. The van der Waals surface area contributed by atoms with Crippen LogP contribution in [0.3, 0.4) is 0 Å². The molecule has 0 fully saturated rings. The predicted octanol–water partition coefficient (Wildman–Crippen LogP) is -0.248. The monoisotopic (exact) mass is 202 g/mol. The predicted molar refractivity (Wildman–Crippen MR) is 51.1 cm³/mol. The molecule has 2 N–H and O–H groups in total. The zero-order valence-electron chi connectivity index (χ0n) is 5.89. The summed E-state index contributed by atoms with van der Waals surface area (Å²) < 4.78 is 0. The Labute approximate surface area is 79.8 Å². The van der Waals surface area contributed by atoms with Gasteiger partial charge in [-0.15, -0.1) is 12.6 Å². The molecule has 0 bridgehead atoms. The topological polar surface area (TPSA) is 48.9 Å². The first-order valence-electron chi connectivity index (χ1n) is 3.24. The van der Waals surface area contributed by atoms with E-state index in [1.54, 1.807) is 6.21 Å². The zero-order valence-corrected chi connectivity index (χ0v) is 7.60. The second-order valence-electron chi connectivity index (χ2n) is 2.27. The highest BCUT2D eigenvalue weighted by Gasteiger charge is 2.25. The fourth-order valence-corrected chi connectivity index (χ4v) is 1.45. The third-order valence-electron chi connectivity index (χ3n) is 1.40. The highest BCUT2D eigenvalue weighted by Crippen LogP contribution is 2.11.